The largest absolute Gasteiger partial charge is 0.495 e. The molecule has 5 nitrogen and oxygen atoms in total. The van der Waals surface area contributed by atoms with Gasteiger partial charge in [-0.1, -0.05) is 23.2 Å². The summed E-state index contributed by atoms with van der Waals surface area (Å²) in [6, 6.07) is 6.32. The fourth-order valence-corrected chi connectivity index (χ4v) is 2.56. The first-order chi connectivity index (χ1) is 11.8. The Morgan fingerprint density at radius 3 is 2.32 bits per heavy atom. The second kappa shape index (κ2) is 8.27. The highest BCUT2D eigenvalue weighted by atomic mass is 35.5. The number of nitrogens with one attached hydrogen (secondary N) is 2. The van der Waals surface area contributed by atoms with Crippen molar-refractivity contribution in [1.82, 2.24) is 0 Å². The van der Waals surface area contributed by atoms with Gasteiger partial charge in [0.2, 0.25) is 5.91 Å². The van der Waals surface area contributed by atoms with Gasteiger partial charge in [0.05, 0.1) is 35.6 Å². The predicted molar refractivity (Wildman–Crippen MR) is 97.7 cm³/mol. The van der Waals surface area contributed by atoms with Gasteiger partial charge in [-0.15, -0.1) is 0 Å². The highest BCUT2D eigenvalue weighted by Gasteiger charge is 2.18. The van der Waals surface area contributed by atoms with Crippen molar-refractivity contribution < 1.29 is 18.7 Å². The molecule has 0 spiro atoms. The molecule has 0 unspecified atom stereocenters. The summed E-state index contributed by atoms with van der Waals surface area (Å²) < 4.78 is 23.5. The van der Waals surface area contributed by atoms with Crippen molar-refractivity contribution in [2.75, 3.05) is 24.9 Å². The molecule has 2 N–H and O–H groups in total. The topological polar surface area (TPSA) is 59.6 Å². The third-order valence-electron chi connectivity index (χ3n) is 3.43. The zero-order valence-corrected chi connectivity index (χ0v) is 15.3. The number of rotatable bonds is 6. The lowest BCUT2D eigenvalue weighted by molar-refractivity contribution is -0.116. The van der Waals surface area contributed by atoms with E-state index in [0.29, 0.717) is 27.9 Å². The molecule has 1 amide bonds. The molecule has 2 aromatic rings. The molecule has 0 aliphatic carbocycles. The summed E-state index contributed by atoms with van der Waals surface area (Å²) in [4.78, 5) is 12.3. The van der Waals surface area contributed by atoms with Crippen LogP contribution in [0.3, 0.4) is 0 Å². The average Bonchev–Trinajstić information content (AvgIpc) is 2.57. The van der Waals surface area contributed by atoms with Crippen molar-refractivity contribution in [1.29, 1.82) is 0 Å². The van der Waals surface area contributed by atoms with Crippen LogP contribution in [-0.2, 0) is 4.79 Å². The van der Waals surface area contributed by atoms with E-state index in [1.54, 1.807) is 19.1 Å². The number of amides is 1. The molecule has 134 valence electrons. The highest BCUT2D eigenvalue weighted by molar-refractivity contribution is 6.33. The number of ether oxygens (including phenoxy) is 2. The Balaban J connectivity index is 2.14. The molecular formula is C17H17Cl2FN2O3. The zero-order valence-electron chi connectivity index (χ0n) is 13.8. The number of carbonyl (C=O) groups is 1. The van der Waals surface area contributed by atoms with Crippen LogP contribution in [0, 0.1) is 5.82 Å². The van der Waals surface area contributed by atoms with E-state index in [1.165, 1.54) is 26.4 Å². The Labute approximate surface area is 155 Å². The molecule has 25 heavy (non-hydrogen) atoms. The summed E-state index contributed by atoms with van der Waals surface area (Å²) in [6.07, 6.45) is 0. The van der Waals surface area contributed by atoms with Gasteiger partial charge in [0.15, 0.2) is 0 Å². The number of hydrogen-bond acceptors (Lipinski definition) is 4. The molecule has 2 aromatic carbocycles. The summed E-state index contributed by atoms with van der Waals surface area (Å²) >= 11 is 12.0. The first-order valence-corrected chi connectivity index (χ1v) is 8.05. The Morgan fingerprint density at radius 1 is 1.04 bits per heavy atom. The fraction of sp³-hybridized carbons (Fsp3) is 0.235. The zero-order chi connectivity index (χ0) is 18.6. The van der Waals surface area contributed by atoms with Gasteiger partial charge in [-0.3, -0.25) is 4.79 Å². The van der Waals surface area contributed by atoms with Crippen LogP contribution >= 0.6 is 23.2 Å². The van der Waals surface area contributed by atoms with Gasteiger partial charge in [0.25, 0.3) is 0 Å². The number of hydrogen-bond donors (Lipinski definition) is 2. The molecule has 0 aliphatic heterocycles. The van der Waals surface area contributed by atoms with E-state index in [4.69, 9.17) is 32.7 Å². The van der Waals surface area contributed by atoms with E-state index >= 15 is 0 Å². The lowest BCUT2D eigenvalue weighted by atomic mass is 10.2. The normalized spacial score (nSPS) is 11.6. The van der Waals surface area contributed by atoms with E-state index in [2.05, 4.69) is 10.6 Å². The molecule has 0 saturated carbocycles. The highest BCUT2D eigenvalue weighted by Crippen LogP contribution is 2.36. The van der Waals surface area contributed by atoms with Gasteiger partial charge in [0.1, 0.15) is 23.4 Å². The van der Waals surface area contributed by atoms with Crippen molar-refractivity contribution in [2.24, 2.45) is 0 Å². The summed E-state index contributed by atoms with van der Waals surface area (Å²) in [5, 5.41) is 6.14. The number of halogens is 3. The Bertz CT molecular complexity index is 787. The number of methoxy groups -OCH3 is 2. The third kappa shape index (κ3) is 4.67. The van der Waals surface area contributed by atoms with Gasteiger partial charge in [-0.05, 0) is 31.2 Å². The molecular weight excluding hydrogens is 370 g/mol. The minimum absolute atomic E-state index is 0.116. The minimum atomic E-state index is -0.639. The maximum atomic E-state index is 13.1. The molecule has 0 saturated heterocycles. The quantitative estimate of drug-likeness (QED) is 0.761. The molecule has 0 fully saturated rings. The smallest absolute Gasteiger partial charge is 0.246 e. The molecule has 8 heteroatoms. The fourth-order valence-electron chi connectivity index (χ4n) is 2.10. The Hall–Kier alpha value is -2.18. The van der Waals surface area contributed by atoms with Gasteiger partial charge in [-0.25, -0.2) is 4.39 Å². The van der Waals surface area contributed by atoms with Crippen LogP contribution in [0.2, 0.25) is 10.0 Å². The van der Waals surface area contributed by atoms with Crippen LogP contribution in [-0.4, -0.2) is 26.2 Å². The maximum Gasteiger partial charge on any atom is 0.246 e. The lowest BCUT2D eigenvalue weighted by Crippen LogP contribution is -2.32. The van der Waals surface area contributed by atoms with Crippen molar-refractivity contribution in [3.63, 3.8) is 0 Å². The van der Waals surface area contributed by atoms with Crippen molar-refractivity contribution in [2.45, 2.75) is 13.0 Å². The minimum Gasteiger partial charge on any atom is -0.495 e. The van der Waals surface area contributed by atoms with Crippen LogP contribution in [0.15, 0.2) is 30.3 Å². The number of carbonyl (C=O) groups excluding carboxylic acids is 1. The van der Waals surface area contributed by atoms with E-state index in [-0.39, 0.29) is 10.9 Å². The molecule has 0 aliphatic rings. The van der Waals surface area contributed by atoms with Crippen LogP contribution in [0.4, 0.5) is 15.8 Å². The Kier molecular flexibility index (Phi) is 6.33. The first kappa shape index (κ1) is 19.1. The third-order valence-corrected chi connectivity index (χ3v) is 4.04. The summed E-state index contributed by atoms with van der Waals surface area (Å²) in [5.41, 5.74) is 0.850. The monoisotopic (exact) mass is 386 g/mol. The van der Waals surface area contributed by atoms with Crippen LogP contribution < -0.4 is 20.1 Å². The molecule has 0 radical (unpaired) electrons. The van der Waals surface area contributed by atoms with Gasteiger partial charge in [-0.2, -0.15) is 0 Å². The first-order valence-electron chi connectivity index (χ1n) is 7.29. The summed E-state index contributed by atoms with van der Waals surface area (Å²) in [6.45, 7) is 1.66. The van der Waals surface area contributed by atoms with E-state index in [9.17, 15) is 9.18 Å². The lowest BCUT2D eigenvalue weighted by Gasteiger charge is -2.19. The van der Waals surface area contributed by atoms with Gasteiger partial charge >= 0.3 is 0 Å². The number of benzene rings is 2. The predicted octanol–water partition coefficient (Wildman–Crippen LogP) is 4.59. The van der Waals surface area contributed by atoms with Crippen molar-refractivity contribution in [3.8, 4) is 11.5 Å². The van der Waals surface area contributed by atoms with Crippen LogP contribution in [0.1, 0.15) is 6.92 Å². The summed E-state index contributed by atoms with van der Waals surface area (Å²) in [5.74, 6) is 0.0919. The molecule has 2 rings (SSSR count). The average molecular weight is 387 g/mol. The maximum absolute atomic E-state index is 13.1. The van der Waals surface area contributed by atoms with E-state index in [1.807, 2.05) is 0 Å². The second-order valence-electron chi connectivity index (χ2n) is 5.17. The number of anilines is 2. The van der Waals surface area contributed by atoms with Gasteiger partial charge in [0, 0.05) is 6.07 Å². The van der Waals surface area contributed by atoms with Crippen LogP contribution in [0.25, 0.3) is 0 Å². The molecule has 0 heterocycles. The molecule has 0 aromatic heterocycles. The second-order valence-corrected chi connectivity index (χ2v) is 5.98. The SMILES string of the molecule is COc1cc(OC)c(N[C@@H](C)C(=O)Nc2ccc(F)cc2Cl)cc1Cl. The van der Waals surface area contributed by atoms with E-state index < -0.39 is 11.9 Å². The van der Waals surface area contributed by atoms with Crippen LogP contribution in [0.5, 0.6) is 11.5 Å². The van der Waals surface area contributed by atoms with Gasteiger partial charge < -0.3 is 20.1 Å². The molecule has 0 bridgehead atoms. The van der Waals surface area contributed by atoms with Crippen molar-refractivity contribution in [3.05, 3.63) is 46.2 Å². The Morgan fingerprint density at radius 2 is 1.72 bits per heavy atom. The van der Waals surface area contributed by atoms with E-state index in [0.717, 1.165) is 6.07 Å². The summed E-state index contributed by atoms with van der Waals surface area (Å²) in [7, 11) is 2.99. The molecule has 1 atom stereocenters. The van der Waals surface area contributed by atoms with Crippen molar-refractivity contribution >= 4 is 40.5 Å². The standard InChI is InChI=1S/C17H17Cl2FN2O3/c1-9(17(23)22-13-5-4-10(20)6-11(13)18)21-14-7-12(19)15(24-2)8-16(14)25-3/h4-9,21H,1-3H3,(H,22,23)/t9-/m0/s1.